The fourth-order valence-electron chi connectivity index (χ4n) is 1.56. The molecule has 4 nitrogen and oxygen atoms in total. The third-order valence-electron chi connectivity index (χ3n) is 2.48. The van der Waals surface area contributed by atoms with Gasteiger partial charge in [-0.05, 0) is 24.6 Å². The summed E-state index contributed by atoms with van der Waals surface area (Å²) >= 11 is 9.55. The molecule has 0 aliphatic heterocycles. The van der Waals surface area contributed by atoms with Crippen LogP contribution in [0.1, 0.15) is 12.5 Å². The van der Waals surface area contributed by atoms with E-state index in [-0.39, 0.29) is 30.0 Å². The zero-order chi connectivity index (χ0) is 14.3. The van der Waals surface area contributed by atoms with Crippen LogP contribution in [-0.4, -0.2) is 32.8 Å². The van der Waals surface area contributed by atoms with Gasteiger partial charge in [0, 0.05) is 36.2 Å². The predicted molar refractivity (Wildman–Crippen MR) is 99.2 cm³/mol. The average molecular weight is 477 g/mol. The van der Waals surface area contributed by atoms with Crippen molar-refractivity contribution in [2.75, 3.05) is 20.8 Å². The summed E-state index contributed by atoms with van der Waals surface area (Å²) in [6, 6.07) is 6.01. The number of hydrogen-bond donors (Lipinski definition) is 2. The number of rotatable bonds is 5. The molecule has 0 heterocycles. The molecule has 0 saturated heterocycles. The zero-order valence-corrected chi connectivity index (χ0v) is 16.4. The smallest absolute Gasteiger partial charge is 0.191 e. The van der Waals surface area contributed by atoms with Crippen molar-refractivity contribution in [3.63, 3.8) is 0 Å². The highest BCUT2D eigenvalue weighted by Gasteiger charge is 2.06. The fourth-order valence-corrected chi connectivity index (χ4v) is 2.30. The van der Waals surface area contributed by atoms with Crippen molar-refractivity contribution < 1.29 is 4.74 Å². The maximum atomic E-state index is 6.16. The Morgan fingerprint density at radius 3 is 2.75 bits per heavy atom. The lowest BCUT2D eigenvalue weighted by atomic mass is 10.2. The van der Waals surface area contributed by atoms with Gasteiger partial charge in [-0.15, -0.1) is 24.0 Å². The summed E-state index contributed by atoms with van der Waals surface area (Å²) in [7, 11) is 3.41. The van der Waals surface area contributed by atoms with Crippen molar-refractivity contribution >= 4 is 57.5 Å². The molecule has 1 atom stereocenters. The Balaban J connectivity index is 0.00000361. The Bertz CT molecular complexity index is 446. The van der Waals surface area contributed by atoms with E-state index >= 15 is 0 Å². The molecule has 1 unspecified atom stereocenters. The van der Waals surface area contributed by atoms with Gasteiger partial charge in [0.15, 0.2) is 5.96 Å². The van der Waals surface area contributed by atoms with Crippen molar-refractivity contribution in [3.8, 4) is 0 Å². The summed E-state index contributed by atoms with van der Waals surface area (Å²) in [5.74, 6) is 0.725. The van der Waals surface area contributed by atoms with Crippen LogP contribution in [0.3, 0.4) is 0 Å². The topological polar surface area (TPSA) is 45.7 Å². The Morgan fingerprint density at radius 2 is 2.20 bits per heavy atom. The summed E-state index contributed by atoms with van der Waals surface area (Å²) in [6.07, 6.45) is 0. The monoisotopic (exact) mass is 475 g/mol. The fraction of sp³-hybridized carbons (Fsp3) is 0.462. The van der Waals surface area contributed by atoms with Crippen molar-refractivity contribution in [3.05, 3.63) is 33.3 Å². The van der Waals surface area contributed by atoms with Crippen LogP contribution in [0.2, 0.25) is 5.02 Å². The largest absolute Gasteiger partial charge is 0.383 e. The summed E-state index contributed by atoms with van der Waals surface area (Å²) in [4.78, 5) is 4.16. The van der Waals surface area contributed by atoms with Gasteiger partial charge in [-0.1, -0.05) is 33.6 Å². The molecule has 2 N–H and O–H groups in total. The highest BCUT2D eigenvalue weighted by atomic mass is 127. The molecule has 1 aromatic carbocycles. The van der Waals surface area contributed by atoms with Crippen molar-refractivity contribution in [1.82, 2.24) is 10.6 Å². The van der Waals surface area contributed by atoms with Crippen LogP contribution in [-0.2, 0) is 11.3 Å². The molecule has 0 spiro atoms. The molecule has 1 aromatic rings. The molecule has 0 aliphatic carbocycles. The lowest BCUT2D eigenvalue weighted by molar-refractivity contribution is 0.179. The van der Waals surface area contributed by atoms with Gasteiger partial charge < -0.3 is 15.4 Å². The number of ether oxygens (including phenoxy) is 1. The molecule has 20 heavy (non-hydrogen) atoms. The van der Waals surface area contributed by atoms with E-state index in [9.17, 15) is 0 Å². The van der Waals surface area contributed by atoms with E-state index in [1.165, 1.54) is 0 Å². The number of aliphatic imine (C=N–C) groups is 1. The van der Waals surface area contributed by atoms with Crippen LogP contribution in [0.4, 0.5) is 0 Å². The molecule has 114 valence electrons. The van der Waals surface area contributed by atoms with Crippen LogP contribution >= 0.6 is 51.5 Å². The quantitative estimate of drug-likeness (QED) is 0.389. The third-order valence-corrected chi connectivity index (χ3v) is 3.33. The number of halogens is 3. The van der Waals surface area contributed by atoms with Gasteiger partial charge >= 0.3 is 0 Å². The number of nitrogens with zero attached hydrogens (tertiary/aromatic N) is 1. The Labute approximate surface area is 150 Å². The molecule has 0 amide bonds. The summed E-state index contributed by atoms with van der Waals surface area (Å²) in [6.45, 7) is 3.27. The van der Waals surface area contributed by atoms with Crippen molar-refractivity contribution in [1.29, 1.82) is 0 Å². The first kappa shape index (κ1) is 19.9. The van der Waals surface area contributed by atoms with Crippen LogP contribution in [0.25, 0.3) is 0 Å². The van der Waals surface area contributed by atoms with E-state index < -0.39 is 0 Å². The number of guanidine groups is 1. The molecule has 0 fully saturated rings. The normalized spacial score (nSPS) is 12.6. The maximum Gasteiger partial charge on any atom is 0.191 e. The first-order valence-electron chi connectivity index (χ1n) is 5.97. The minimum Gasteiger partial charge on any atom is -0.383 e. The molecule has 0 bridgehead atoms. The SMILES string of the molecule is CN=C(NCc1ccc(Br)cc1Cl)NC(C)COC.I. The average Bonchev–Trinajstić information content (AvgIpc) is 2.36. The van der Waals surface area contributed by atoms with Gasteiger partial charge in [0.25, 0.3) is 0 Å². The van der Waals surface area contributed by atoms with E-state index in [0.29, 0.717) is 13.2 Å². The van der Waals surface area contributed by atoms with E-state index in [2.05, 4.69) is 31.6 Å². The van der Waals surface area contributed by atoms with Crippen LogP contribution < -0.4 is 10.6 Å². The molecule has 0 radical (unpaired) electrons. The van der Waals surface area contributed by atoms with E-state index in [1.807, 2.05) is 25.1 Å². The molecule has 0 aromatic heterocycles. The van der Waals surface area contributed by atoms with Gasteiger partial charge in [0.2, 0.25) is 0 Å². The minimum absolute atomic E-state index is 0. The molecule has 7 heteroatoms. The predicted octanol–water partition coefficient (Wildman–Crippen LogP) is 3.42. The second-order valence-corrected chi connectivity index (χ2v) is 5.49. The maximum absolute atomic E-state index is 6.16. The second kappa shape index (κ2) is 10.6. The van der Waals surface area contributed by atoms with Gasteiger partial charge in [-0.2, -0.15) is 0 Å². The first-order valence-corrected chi connectivity index (χ1v) is 7.14. The molecular weight excluding hydrogens is 456 g/mol. The Morgan fingerprint density at radius 1 is 1.50 bits per heavy atom. The minimum atomic E-state index is 0. The number of benzene rings is 1. The van der Waals surface area contributed by atoms with E-state index in [0.717, 1.165) is 21.0 Å². The second-order valence-electron chi connectivity index (χ2n) is 4.16. The summed E-state index contributed by atoms with van der Waals surface area (Å²) in [5, 5.41) is 7.17. The molecule has 0 aliphatic rings. The van der Waals surface area contributed by atoms with E-state index in [1.54, 1.807) is 14.2 Å². The first-order chi connectivity index (χ1) is 9.06. The van der Waals surface area contributed by atoms with Crippen LogP contribution in [0.5, 0.6) is 0 Å². The number of hydrogen-bond acceptors (Lipinski definition) is 2. The lowest BCUT2D eigenvalue weighted by Crippen LogP contribution is -2.43. The van der Waals surface area contributed by atoms with Gasteiger partial charge in [-0.25, -0.2) is 0 Å². The number of nitrogens with one attached hydrogen (secondary N) is 2. The summed E-state index contributed by atoms with van der Waals surface area (Å²) < 4.78 is 6.04. The van der Waals surface area contributed by atoms with Crippen molar-refractivity contribution in [2.45, 2.75) is 19.5 Å². The van der Waals surface area contributed by atoms with Gasteiger partial charge in [-0.3, -0.25) is 4.99 Å². The molecule has 1 rings (SSSR count). The molecular formula is C13H20BrClIN3O. The zero-order valence-electron chi connectivity index (χ0n) is 11.7. The van der Waals surface area contributed by atoms with E-state index in [4.69, 9.17) is 16.3 Å². The lowest BCUT2D eigenvalue weighted by Gasteiger charge is -2.17. The molecule has 0 saturated carbocycles. The third kappa shape index (κ3) is 7.10. The standard InChI is InChI=1S/C13H19BrClN3O.HI/c1-9(8-19-3)18-13(16-2)17-7-10-4-5-11(14)6-12(10)15;/h4-6,9H,7-8H2,1-3H3,(H2,16,17,18);1H. The van der Waals surface area contributed by atoms with Gasteiger partial charge in [0.05, 0.1) is 6.61 Å². The Kier molecular flexibility index (Phi) is 10.6. The van der Waals surface area contributed by atoms with Crippen LogP contribution in [0, 0.1) is 0 Å². The number of methoxy groups -OCH3 is 1. The Hall–Kier alpha value is -0.0500. The highest BCUT2D eigenvalue weighted by Crippen LogP contribution is 2.21. The van der Waals surface area contributed by atoms with Crippen LogP contribution in [0.15, 0.2) is 27.7 Å². The highest BCUT2D eigenvalue weighted by molar-refractivity contribution is 14.0. The summed E-state index contributed by atoms with van der Waals surface area (Å²) in [5.41, 5.74) is 1.02. The van der Waals surface area contributed by atoms with Crippen molar-refractivity contribution in [2.24, 2.45) is 4.99 Å². The van der Waals surface area contributed by atoms with Gasteiger partial charge in [0.1, 0.15) is 0 Å².